The summed E-state index contributed by atoms with van der Waals surface area (Å²) in [7, 11) is 0. The first-order chi connectivity index (χ1) is 10.9. The van der Waals surface area contributed by atoms with Gasteiger partial charge < -0.3 is 9.80 Å². The molecule has 1 amide bonds. The number of alkyl halides is 3. The van der Waals surface area contributed by atoms with E-state index in [-0.39, 0.29) is 5.91 Å². The molecule has 7 heteroatoms. The summed E-state index contributed by atoms with van der Waals surface area (Å²) in [6.45, 7) is 3.52. The van der Waals surface area contributed by atoms with E-state index in [0.29, 0.717) is 42.8 Å². The van der Waals surface area contributed by atoms with Gasteiger partial charge in [-0.1, -0.05) is 18.2 Å². The van der Waals surface area contributed by atoms with Crippen molar-refractivity contribution < 1.29 is 18.0 Å². The number of hydrogen-bond donors (Lipinski definition) is 0. The zero-order chi connectivity index (χ0) is 16.6. The normalized spacial score (nSPS) is 16.0. The number of rotatable bonds is 1. The molecule has 0 bridgehead atoms. The summed E-state index contributed by atoms with van der Waals surface area (Å²) < 4.78 is 39.3. The van der Waals surface area contributed by atoms with Crippen LogP contribution in [0.3, 0.4) is 0 Å². The van der Waals surface area contributed by atoms with Crippen LogP contribution in [0, 0.1) is 0 Å². The highest BCUT2D eigenvalue weighted by Gasteiger charge is 2.34. The van der Waals surface area contributed by atoms with Gasteiger partial charge in [0.15, 0.2) is 0 Å². The Hall–Kier alpha value is -2.31. The van der Waals surface area contributed by atoms with Crippen LogP contribution in [0.1, 0.15) is 12.6 Å². The number of pyridine rings is 1. The van der Waals surface area contributed by atoms with E-state index in [9.17, 15) is 18.0 Å². The van der Waals surface area contributed by atoms with Crippen molar-refractivity contribution >= 4 is 22.5 Å². The maximum Gasteiger partial charge on any atom is 0.433 e. The Bertz CT molecular complexity index is 737. The summed E-state index contributed by atoms with van der Waals surface area (Å²) in [5.74, 6) is -0.0137. The molecule has 1 aliphatic rings. The number of halogens is 3. The van der Waals surface area contributed by atoms with E-state index in [4.69, 9.17) is 0 Å². The molecule has 23 heavy (non-hydrogen) atoms. The maximum absolute atomic E-state index is 13.1. The third-order valence-corrected chi connectivity index (χ3v) is 4.05. The number of benzene rings is 1. The monoisotopic (exact) mass is 323 g/mol. The number of amides is 1. The van der Waals surface area contributed by atoms with Gasteiger partial charge >= 0.3 is 6.18 Å². The zero-order valence-corrected chi connectivity index (χ0v) is 12.6. The lowest BCUT2D eigenvalue weighted by Gasteiger charge is -2.36. The number of para-hydroxylation sites is 1. The van der Waals surface area contributed by atoms with E-state index >= 15 is 0 Å². The van der Waals surface area contributed by atoms with Gasteiger partial charge in [-0.2, -0.15) is 13.2 Å². The van der Waals surface area contributed by atoms with Crippen LogP contribution in [0.15, 0.2) is 30.3 Å². The highest BCUT2D eigenvalue weighted by molar-refractivity contribution is 5.92. The van der Waals surface area contributed by atoms with Gasteiger partial charge in [-0.05, 0) is 12.1 Å². The Morgan fingerprint density at radius 1 is 1.13 bits per heavy atom. The summed E-state index contributed by atoms with van der Waals surface area (Å²) in [6.07, 6.45) is -4.49. The lowest BCUT2D eigenvalue weighted by Crippen LogP contribution is -2.48. The van der Waals surface area contributed by atoms with Crippen LogP contribution in [0.5, 0.6) is 0 Å². The third-order valence-electron chi connectivity index (χ3n) is 4.05. The lowest BCUT2D eigenvalue weighted by atomic mass is 10.1. The SMILES string of the molecule is CC(=O)N1CCN(c2cc(C(F)(F)F)nc3ccccc23)CC1. The molecule has 0 atom stereocenters. The largest absolute Gasteiger partial charge is 0.433 e. The fraction of sp³-hybridized carbons (Fsp3) is 0.375. The number of carbonyl (C=O) groups excluding carboxylic acids is 1. The van der Waals surface area contributed by atoms with Crippen molar-refractivity contribution in [2.24, 2.45) is 0 Å². The fourth-order valence-corrected chi connectivity index (χ4v) is 2.83. The van der Waals surface area contributed by atoms with Gasteiger partial charge in [0.05, 0.1) is 5.52 Å². The number of fused-ring (bicyclic) bond motifs is 1. The topological polar surface area (TPSA) is 36.4 Å². The molecule has 122 valence electrons. The fourth-order valence-electron chi connectivity index (χ4n) is 2.83. The summed E-state index contributed by atoms with van der Waals surface area (Å²) in [6, 6.07) is 7.92. The van der Waals surface area contributed by atoms with Crippen molar-refractivity contribution in [3.63, 3.8) is 0 Å². The van der Waals surface area contributed by atoms with Gasteiger partial charge in [-0.15, -0.1) is 0 Å². The molecule has 2 aromatic rings. The van der Waals surface area contributed by atoms with Crippen LogP contribution in [0.2, 0.25) is 0 Å². The minimum absolute atomic E-state index is 0.0137. The number of carbonyl (C=O) groups is 1. The van der Waals surface area contributed by atoms with Crippen molar-refractivity contribution in [2.45, 2.75) is 13.1 Å². The number of hydrogen-bond acceptors (Lipinski definition) is 3. The summed E-state index contributed by atoms with van der Waals surface area (Å²) in [4.78, 5) is 18.7. The molecular weight excluding hydrogens is 307 g/mol. The smallest absolute Gasteiger partial charge is 0.367 e. The van der Waals surface area contributed by atoms with Crippen molar-refractivity contribution in [1.82, 2.24) is 9.88 Å². The van der Waals surface area contributed by atoms with Crippen LogP contribution < -0.4 is 4.90 Å². The second-order valence-electron chi connectivity index (χ2n) is 5.53. The highest BCUT2D eigenvalue weighted by Crippen LogP contribution is 2.34. The van der Waals surface area contributed by atoms with Gasteiger partial charge in [0, 0.05) is 44.2 Å². The van der Waals surface area contributed by atoms with Crippen molar-refractivity contribution in [1.29, 1.82) is 0 Å². The average Bonchev–Trinajstić information content (AvgIpc) is 2.53. The molecule has 1 aromatic heterocycles. The quantitative estimate of drug-likeness (QED) is 0.810. The van der Waals surface area contributed by atoms with Crippen LogP contribution in [-0.4, -0.2) is 42.0 Å². The van der Waals surface area contributed by atoms with Gasteiger partial charge in [-0.25, -0.2) is 4.98 Å². The van der Waals surface area contributed by atoms with E-state index in [0.717, 1.165) is 6.07 Å². The molecule has 2 heterocycles. The van der Waals surface area contributed by atoms with E-state index in [1.807, 2.05) is 4.90 Å². The first kappa shape index (κ1) is 15.6. The Balaban J connectivity index is 2.01. The first-order valence-corrected chi connectivity index (χ1v) is 7.34. The zero-order valence-electron chi connectivity index (χ0n) is 12.6. The predicted molar refractivity (Wildman–Crippen MR) is 81.2 cm³/mol. The first-order valence-electron chi connectivity index (χ1n) is 7.34. The van der Waals surface area contributed by atoms with Crippen molar-refractivity contribution in [3.8, 4) is 0 Å². The molecule has 3 rings (SSSR count). The highest BCUT2D eigenvalue weighted by atomic mass is 19.4. The molecular formula is C16H16F3N3O. The Morgan fingerprint density at radius 2 is 1.78 bits per heavy atom. The standard InChI is InChI=1S/C16H16F3N3O/c1-11(23)21-6-8-22(9-7-21)14-10-15(16(17,18)19)20-13-5-3-2-4-12(13)14/h2-5,10H,6-9H2,1H3. The molecule has 0 N–H and O–H groups in total. The van der Waals surface area contributed by atoms with Crippen molar-refractivity contribution in [3.05, 3.63) is 36.0 Å². The van der Waals surface area contributed by atoms with E-state index < -0.39 is 11.9 Å². The molecule has 0 spiro atoms. The number of piperazine rings is 1. The molecule has 1 saturated heterocycles. The molecule has 1 fully saturated rings. The number of aromatic nitrogens is 1. The minimum Gasteiger partial charge on any atom is -0.367 e. The lowest BCUT2D eigenvalue weighted by molar-refractivity contribution is -0.140. The van der Waals surface area contributed by atoms with Crippen LogP contribution >= 0.6 is 0 Å². The molecule has 0 aliphatic carbocycles. The molecule has 1 aliphatic heterocycles. The Morgan fingerprint density at radius 3 is 2.39 bits per heavy atom. The summed E-state index contributed by atoms with van der Waals surface area (Å²) in [5, 5.41) is 0.691. The molecule has 4 nitrogen and oxygen atoms in total. The number of nitrogens with zero attached hydrogens (tertiary/aromatic N) is 3. The predicted octanol–water partition coefficient (Wildman–Crippen LogP) is 2.92. The Kier molecular flexibility index (Phi) is 3.87. The second kappa shape index (κ2) is 5.72. The average molecular weight is 323 g/mol. The van der Waals surface area contributed by atoms with Gasteiger partial charge in [0.25, 0.3) is 0 Å². The number of anilines is 1. The Labute approximate surface area is 131 Å². The van der Waals surface area contributed by atoms with Crippen LogP contribution in [-0.2, 0) is 11.0 Å². The van der Waals surface area contributed by atoms with E-state index in [1.165, 1.54) is 6.92 Å². The molecule has 0 saturated carbocycles. The van der Waals surface area contributed by atoms with Gasteiger partial charge in [0.1, 0.15) is 5.69 Å². The van der Waals surface area contributed by atoms with Gasteiger partial charge in [0.2, 0.25) is 5.91 Å². The molecule has 0 radical (unpaired) electrons. The third kappa shape index (κ3) is 3.09. The van der Waals surface area contributed by atoms with Crippen molar-refractivity contribution in [2.75, 3.05) is 31.1 Å². The minimum atomic E-state index is -4.49. The van der Waals surface area contributed by atoms with Gasteiger partial charge in [-0.3, -0.25) is 4.79 Å². The summed E-state index contributed by atoms with van der Waals surface area (Å²) >= 11 is 0. The van der Waals surface area contributed by atoms with E-state index in [2.05, 4.69) is 4.98 Å². The second-order valence-corrected chi connectivity index (χ2v) is 5.53. The van der Waals surface area contributed by atoms with Crippen LogP contribution in [0.4, 0.5) is 18.9 Å². The molecule has 0 unspecified atom stereocenters. The van der Waals surface area contributed by atoms with E-state index in [1.54, 1.807) is 29.2 Å². The molecule has 1 aromatic carbocycles. The summed E-state index contributed by atoms with van der Waals surface area (Å²) in [5.41, 5.74) is -0.0438. The maximum atomic E-state index is 13.1. The van der Waals surface area contributed by atoms with Crippen LogP contribution in [0.25, 0.3) is 10.9 Å².